The zero-order valence-electron chi connectivity index (χ0n) is 12.8. The van der Waals surface area contributed by atoms with E-state index in [0.717, 1.165) is 15.2 Å². The van der Waals surface area contributed by atoms with E-state index in [2.05, 4.69) is 20.6 Å². The van der Waals surface area contributed by atoms with Crippen molar-refractivity contribution in [1.82, 2.24) is 9.97 Å². The van der Waals surface area contributed by atoms with E-state index < -0.39 is 0 Å². The summed E-state index contributed by atoms with van der Waals surface area (Å²) in [4.78, 5) is 31.5. The number of benzene rings is 1. The molecule has 2 N–H and O–H groups in total. The second-order valence-corrected chi connectivity index (χ2v) is 6.79. The minimum absolute atomic E-state index is 0.115. The molecule has 0 radical (unpaired) electrons. The van der Waals surface area contributed by atoms with Gasteiger partial charge in [-0.25, -0.2) is 9.97 Å². The first-order valence-electron chi connectivity index (χ1n) is 7.10. The van der Waals surface area contributed by atoms with E-state index >= 15 is 0 Å². The van der Waals surface area contributed by atoms with Crippen LogP contribution in [0.2, 0.25) is 0 Å². The standard InChI is InChI=1S/C16H14N4O2S2/c1-10(21)19-11-2-4-12(5-3-11)20-14(22)8-24-16-15-13(6-7-23-15)17-9-18-16/h2-7,9H,8H2,1H3,(H,19,21)(H,20,22). The number of fused-ring (bicyclic) bond motifs is 1. The number of nitrogens with zero attached hydrogens (tertiary/aromatic N) is 2. The molecule has 0 unspecified atom stereocenters. The quantitative estimate of drug-likeness (QED) is 0.539. The summed E-state index contributed by atoms with van der Waals surface area (Å²) < 4.78 is 0.995. The summed E-state index contributed by atoms with van der Waals surface area (Å²) in [6.07, 6.45) is 1.51. The van der Waals surface area contributed by atoms with Crippen molar-refractivity contribution in [2.45, 2.75) is 11.9 Å². The molecule has 1 aromatic carbocycles. The number of thioether (sulfide) groups is 1. The van der Waals surface area contributed by atoms with Crippen molar-refractivity contribution in [3.63, 3.8) is 0 Å². The lowest BCUT2D eigenvalue weighted by Gasteiger charge is -2.07. The van der Waals surface area contributed by atoms with Crippen LogP contribution in [-0.4, -0.2) is 27.5 Å². The molecular formula is C16H14N4O2S2. The number of hydrogen-bond acceptors (Lipinski definition) is 6. The summed E-state index contributed by atoms with van der Waals surface area (Å²) in [5.41, 5.74) is 2.26. The molecule has 0 saturated heterocycles. The normalized spacial score (nSPS) is 10.5. The average molecular weight is 358 g/mol. The third-order valence-corrected chi connectivity index (χ3v) is 5.07. The van der Waals surface area contributed by atoms with Crippen LogP contribution in [-0.2, 0) is 9.59 Å². The highest BCUT2D eigenvalue weighted by Gasteiger charge is 2.09. The van der Waals surface area contributed by atoms with E-state index in [9.17, 15) is 9.59 Å². The van der Waals surface area contributed by atoms with Crippen LogP contribution in [0.5, 0.6) is 0 Å². The van der Waals surface area contributed by atoms with Crippen LogP contribution in [0, 0.1) is 0 Å². The second kappa shape index (κ2) is 7.41. The molecule has 2 heterocycles. The Kier molecular flexibility index (Phi) is 5.07. The Bertz CT molecular complexity index is 877. The number of amides is 2. The van der Waals surface area contributed by atoms with E-state index in [4.69, 9.17) is 0 Å². The van der Waals surface area contributed by atoms with Crippen molar-refractivity contribution in [3.05, 3.63) is 42.0 Å². The highest BCUT2D eigenvalue weighted by Crippen LogP contribution is 2.28. The van der Waals surface area contributed by atoms with E-state index in [1.54, 1.807) is 35.6 Å². The monoisotopic (exact) mass is 358 g/mol. The largest absolute Gasteiger partial charge is 0.326 e. The molecule has 2 aromatic heterocycles. The van der Waals surface area contributed by atoms with Gasteiger partial charge in [0.25, 0.3) is 0 Å². The van der Waals surface area contributed by atoms with Gasteiger partial charge < -0.3 is 10.6 Å². The van der Waals surface area contributed by atoms with Gasteiger partial charge in [-0.15, -0.1) is 11.3 Å². The molecule has 3 aromatic rings. The Morgan fingerprint density at radius 3 is 2.50 bits per heavy atom. The molecule has 6 nitrogen and oxygen atoms in total. The maximum absolute atomic E-state index is 12.1. The van der Waals surface area contributed by atoms with Gasteiger partial charge in [0.15, 0.2) is 0 Å². The summed E-state index contributed by atoms with van der Waals surface area (Å²) in [5.74, 6) is 0.0146. The van der Waals surface area contributed by atoms with Gasteiger partial charge in [-0.05, 0) is 35.7 Å². The first-order valence-corrected chi connectivity index (χ1v) is 8.97. The van der Waals surface area contributed by atoms with E-state index in [0.29, 0.717) is 11.4 Å². The summed E-state index contributed by atoms with van der Waals surface area (Å²) in [7, 11) is 0. The Hall–Kier alpha value is -2.45. The maximum Gasteiger partial charge on any atom is 0.234 e. The van der Waals surface area contributed by atoms with Gasteiger partial charge in [-0.1, -0.05) is 11.8 Å². The Morgan fingerprint density at radius 1 is 1.08 bits per heavy atom. The summed E-state index contributed by atoms with van der Waals surface area (Å²) in [6, 6.07) is 8.90. The number of nitrogens with one attached hydrogen (secondary N) is 2. The fraction of sp³-hybridized carbons (Fsp3) is 0.125. The molecule has 0 aliphatic carbocycles. The Morgan fingerprint density at radius 2 is 1.79 bits per heavy atom. The van der Waals surface area contributed by atoms with Gasteiger partial charge in [0.2, 0.25) is 11.8 Å². The second-order valence-electron chi connectivity index (χ2n) is 4.91. The lowest BCUT2D eigenvalue weighted by Crippen LogP contribution is -2.14. The molecule has 8 heteroatoms. The molecule has 122 valence electrons. The minimum atomic E-state index is -0.132. The molecule has 0 fully saturated rings. The lowest BCUT2D eigenvalue weighted by molar-refractivity contribution is -0.114. The van der Waals surface area contributed by atoms with Crippen LogP contribution < -0.4 is 10.6 Å². The molecule has 0 spiro atoms. The van der Waals surface area contributed by atoms with Crippen molar-refractivity contribution < 1.29 is 9.59 Å². The smallest absolute Gasteiger partial charge is 0.234 e. The maximum atomic E-state index is 12.1. The molecule has 0 atom stereocenters. The molecule has 0 aliphatic heterocycles. The van der Waals surface area contributed by atoms with Gasteiger partial charge >= 0.3 is 0 Å². The molecule has 3 rings (SSSR count). The van der Waals surface area contributed by atoms with E-state index in [1.165, 1.54) is 25.0 Å². The molecular weight excluding hydrogens is 344 g/mol. The van der Waals surface area contributed by atoms with Gasteiger partial charge in [0.05, 0.1) is 16.0 Å². The summed E-state index contributed by atoms with van der Waals surface area (Å²) in [6.45, 7) is 1.45. The molecule has 0 bridgehead atoms. The third kappa shape index (κ3) is 4.09. The van der Waals surface area contributed by atoms with Crippen molar-refractivity contribution in [1.29, 1.82) is 0 Å². The summed E-state index contributed by atoms with van der Waals surface area (Å²) in [5, 5.41) is 8.27. The fourth-order valence-electron chi connectivity index (χ4n) is 2.04. The van der Waals surface area contributed by atoms with Crippen LogP contribution in [0.3, 0.4) is 0 Å². The molecule has 0 saturated carbocycles. The predicted molar refractivity (Wildman–Crippen MR) is 97.5 cm³/mol. The SMILES string of the molecule is CC(=O)Nc1ccc(NC(=O)CSc2ncnc3ccsc23)cc1. The van der Waals surface area contributed by atoms with E-state index in [-0.39, 0.29) is 17.6 Å². The number of carbonyl (C=O) groups excluding carboxylic acids is 2. The zero-order chi connectivity index (χ0) is 16.9. The van der Waals surface area contributed by atoms with E-state index in [1.807, 2.05) is 11.4 Å². The van der Waals surface area contributed by atoms with Crippen molar-refractivity contribution >= 4 is 56.5 Å². The van der Waals surface area contributed by atoms with Crippen LogP contribution in [0.4, 0.5) is 11.4 Å². The number of aromatic nitrogens is 2. The molecule has 2 amide bonds. The van der Waals surface area contributed by atoms with Crippen LogP contribution in [0.15, 0.2) is 47.1 Å². The fourth-order valence-corrected chi connectivity index (χ4v) is 3.79. The van der Waals surface area contributed by atoms with Crippen LogP contribution in [0.25, 0.3) is 10.2 Å². The number of rotatable bonds is 5. The van der Waals surface area contributed by atoms with Crippen LogP contribution >= 0.6 is 23.1 Å². The van der Waals surface area contributed by atoms with Gasteiger partial charge in [-0.2, -0.15) is 0 Å². The lowest BCUT2D eigenvalue weighted by atomic mass is 10.3. The first kappa shape index (κ1) is 16.4. The van der Waals surface area contributed by atoms with Crippen molar-refractivity contribution in [3.8, 4) is 0 Å². The molecule has 24 heavy (non-hydrogen) atoms. The highest BCUT2D eigenvalue weighted by atomic mass is 32.2. The Balaban J connectivity index is 1.57. The topological polar surface area (TPSA) is 84.0 Å². The Labute approximate surface area is 146 Å². The van der Waals surface area contributed by atoms with Crippen molar-refractivity contribution in [2.75, 3.05) is 16.4 Å². The first-order chi connectivity index (χ1) is 11.6. The summed E-state index contributed by atoms with van der Waals surface area (Å²) >= 11 is 2.95. The van der Waals surface area contributed by atoms with Gasteiger partial charge in [0, 0.05) is 18.3 Å². The predicted octanol–water partition coefficient (Wildman–Crippen LogP) is 3.38. The number of carbonyl (C=O) groups is 2. The van der Waals surface area contributed by atoms with Gasteiger partial charge in [-0.3, -0.25) is 9.59 Å². The van der Waals surface area contributed by atoms with Crippen molar-refractivity contribution in [2.24, 2.45) is 0 Å². The van der Waals surface area contributed by atoms with Gasteiger partial charge in [0.1, 0.15) is 11.4 Å². The van der Waals surface area contributed by atoms with Crippen LogP contribution in [0.1, 0.15) is 6.92 Å². The average Bonchev–Trinajstić information content (AvgIpc) is 3.03. The third-order valence-electron chi connectivity index (χ3n) is 3.04. The number of hydrogen-bond donors (Lipinski definition) is 2. The highest BCUT2D eigenvalue weighted by molar-refractivity contribution is 8.00. The minimum Gasteiger partial charge on any atom is -0.326 e. The number of anilines is 2. The number of thiophene rings is 1. The molecule has 0 aliphatic rings. The zero-order valence-corrected chi connectivity index (χ0v) is 14.4.